The molecule has 3 nitrogen and oxygen atoms in total. The smallest absolute Gasteiger partial charge is 0.314 e. The summed E-state index contributed by atoms with van der Waals surface area (Å²) in [6.07, 6.45) is 8.15. The topological polar surface area (TPSA) is 26.3 Å². The minimum absolute atomic E-state index is 0.0332. The van der Waals surface area contributed by atoms with Crippen molar-refractivity contribution < 1.29 is 14.0 Å². The van der Waals surface area contributed by atoms with Gasteiger partial charge in [0.15, 0.2) is 6.10 Å². The number of rotatable bonds is 10. The number of carbonyl (C=O) groups is 1. The summed E-state index contributed by atoms with van der Waals surface area (Å²) in [7, 11) is 0. The van der Waals surface area contributed by atoms with E-state index in [1.165, 1.54) is 43.6 Å². The normalized spacial score (nSPS) is 27.1. The summed E-state index contributed by atoms with van der Waals surface area (Å²) in [5.41, 5.74) is 3.63. The molecular formula is C32H44NO2+. The third-order valence-corrected chi connectivity index (χ3v) is 8.64. The molecule has 2 aromatic rings. The van der Waals surface area contributed by atoms with Gasteiger partial charge in [0.2, 0.25) is 0 Å². The zero-order valence-corrected chi connectivity index (χ0v) is 22.2. The van der Waals surface area contributed by atoms with Crippen molar-refractivity contribution >= 4 is 5.97 Å². The van der Waals surface area contributed by atoms with Crippen LogP contribution < -0.4 is 0 Å². The first-order valence-electron chi connectivity index (χ1n) is 13.7. The number of nitrogens with zero attached hydrogens (tertiary/aromatic N) is 1. The number of hydrogen-bond acceptors (Lipinski definition) is 2. The molecule has 0 aliphatic carbocycles. The summed E-state index contributed by atoms with van der Waals surface area (Å²) >= 11 is 0. The zero-order valence-electron chi connectivity index (χ0n) is 22.2. The summed E-state index contributed by atoms with van der Waals surface area (Å²) in [4.78, 5) is 14.0. The minimum atomic E-state index is -0.296. The maximum atomic E-state index is 14.0. The van der Waals surface area contributed by atoms with Crippen LogP contribution in [0.3, 0.4) is 0 Å². The number of fused-ring (bicyclic) bond motifs is 3. The third-order valence-electron chi connectivity index (χ3n) is 8.64. The Labute approximate surface area is 212 Å². The van der Waals surface area contributed by atoms with Crippen molar-refractivity contribution in [2.75, 3.05) is 19.6 Å². The highest BCUT2D eigenvalue weighted by molar-refractivity contribution is 5.79. The summed E-state index contributed by atoms with van der Waals surface area (Å²) in [6.45, 7) is 12.5. The highest BCUT2D eigenvalue weighted by Gasteiger charge is 2.54. The van der Waals surface area contributed by atoms with Crippen molar-refractivity contribution in [1.29, 1.82) is 0 Å². The van der Waals surface area contributed by atoms with Gasteiger partial charge in [-0.2, -0.15) is 0 Å². The largest absolute Gasteiger partial charge is 0.455 e. The van der Waals surface area contributed by atoms with Crippen LogP contribution in [0.25, 0.3) is 0 Å². The van der Waals surface area contributed by atoms with Crippen LogP contribution in [0, 0.1) is 5.92 Å². The first-order chi connectivity index (χ1) is 16.9. The molecule has 0 spiro atoms. The minimum Gasteiger partial charge on any atom is -0.455 e. The molecule has 0 aromatic heterocycles. The predicted molar refractivity (Wildman–Crippen MR) is 144 cm³/mol. The van der Waals surface area contributed by atoms with E-state index < -0.39 is 0 Å². The summed E-state index contributed by atoms with van der Waals surface area (Å²) < 4.78 is 7.77. The van der Waals surface area contributed by atoms with Gasteiger partial charge in [-0.15, -0.1) is 0 Å². The fourth-order valence-electron chi connectivity index (χ4n) is 6.74. The maximum absolute atomic E-state index is 14.0. The van der Waals surface area contributed by atoms with E-state index in [1.54, 1.807) is 0 Å². The molecule has 3 saturated heterocycles. The SMILES string of the molecule is CCCC1C(OC(=O)C(c2ccccc2)C(C)c2ccccc2)C2CC[N+]1(CCC=C(C)C)CC2. The van der Waals surface area contributed by atoms with Gasteiger partial charge in [-0.3, -0.25) is 4.79 Å². The van der Waals surface area contributed by atoms with Crippen LogP contribution in [-0.4, -0.2) is 42.2 Å². The van der Waals surface area contributed by atoms with E-state index in [0.29, 0.717) is 12.0 Å². The van der Waals surface area contributed by atoms with E-state index in [4.69, 9.17) is 4.74 Å². The molecular weight excluding hydrogens is 430 g/mol. The van der Waals surface area contributed by atoms with Gasteiger partial charge in [0.05, 0.1) is 25.6 Å². The number of allylic oxidation sites excluding steroid dienone is 1. The van der Waals surface area contributed by atoms with Crippen LogP contribution in [0.4, 0.5) is 0 Å². The predicted octanol–water partition coefficient (Wildman–Crippen LogP) is 7.25. The standard InChI is InChI=1S/C32H44NO2/c1-5-13-29-31(28-19-22-33(29,23-20-28)21-12-14-24(2)3)35-32(34)30(27-17-10-7-11-18-27)25(4)26-15-8-6-9-16-26/h6-11,14-18,25,28-31H,5,12-13,19-23H2,1-4H3/q+1. The molecule has 3 aliphatic heterocycles. The molecule has 3 aliphatic rings. The van der Waals surface area contributed by atoms with Crippen LogP contribution in [0.15, 0.2) is 72.3 Å². The molecule has 3 fully saturated rings. The molecule has 4 unspecified atom stereocenters. The van der Waals surface area contributed by atoms with Crippen LogP contribution in [0.2, 0.25) is 0 Å². The lowest BCUT2D eigenvalue weighted by Crippen LogP contribution is -2.70. The van der Waals surface area contributed by atoms with Gasteiger partial charge in [-0.05, 0) is 30.9 Å². The Kier molecular flexibility index (Phi) is 8.49. The fourth-order valence-corrected chi connectivity index (χ4v) is 6.74. The van der Waals surface area contributed by atoms with E-state index in [-0.39, 0.29) is 23.9 Å². The van der Waals surface area contributed by atoms with Crippen molar-refractivity contribution in [1.82, 2.24) is 0 Å². The lowest BCUT2D eigenvalue weighted by molar-refractivity contribution is -0.969. The lowest BCUT2D eigenvalue weighted by Gasteiger charge is -2.57. The van der Waals surface area contributed by atoms with Crippen molar-refractivity contribution in [3.63, 3.8) is 0 Å². The number of quaternary nitrogens is 1. The quantitative estimate of drug-likeness (QED) is 0.206. The summed E-state index contributed by atoms with van der Waals surface area (Å²) in [6, 6.07) is 21.1. The second-order valence-electron chi connectivity index (χ2n) is 11.1. The molecule has 35 heavy (non-hydrogen) atoms. The van der Waals surface area contributed by atoms with Crippen LogP contribution >= 0.6 is 0 Å². The van der Waals surface area contributed by atoms with Crippen LogP contribution in [0.1, 0.15) is 82.8 Å². The van der Waals surface area contributed by atoms with Gasteiger partial charge in [0, 0.05) is 31.6 Å². The van der Waals surface area contributed by atoms with E-state index in [9.17, 15) is 4.79 Å². The molecule has 0 N–H and O–H groups in total. The third kappa shape index (κ3) is 5.72. The van der Waals surface area contributed by atoms with Crippen molar-refractivity contribution in [2.24, 2.45) is 5.92 Å². The second kappa shape index (κ2) is 11.6. The van der Waals surface area contributed by atoms with Crippen LogP contribution in [0.5, 0.6) is 0 Å². The van der Waals surface area contributed by atoms with Gasteiger partial charge in [-0.1, -0.05) is 92.6 Å². The van der Waals surface area contributed by atoms with Gasteiger partial charge in [0.1, 0.15) is 6.04 Å². The molecule has 0 amide bonds. The number of piperidine rings is 3. The first-order valence-corrected chi connectivity index (χ1v) is 13.7. The van der Waals surface area contributed by atoms with Gasteiger partial charge >= 0.3 is 5.97 Å². The second-order valence-corrected chi connectivity index (χ2v) is 11.1. The summed E-state index contributed by atoms with van der Waals surface area (Å²) in [5, 5.41) is 0. The molecule has 0 radical (unpaired) electrons. The highest BCUT2D eigenvalue weighted by Crippen LogP contribution is 2.44. The Morgan fingerprint density at radius 3 is 2.17 bits per heavy atom. The maximum Gasteiger partial charge on any atom is 0.314 e. The Morgan fingerprint density at radius 2 is 1.60 bits per heavy atom. The van der Waals surface area contributed by atoms with Gasteiger partial charge < -0.3 is 9.22 Å². The van der Waals surface area contributed by atoms with Gasteiger partial charge in [-0.25, -0.2) is 0 Å². The highest BCUT2D eigenvalue weighted by atomic mass is 16.5. The van der Waals surface area contributed by atoms with E-state index in [2.05, 4.69) is 70.2 Å². The summed E-state index contributed by atoms with van der Waals surface area (Å²) in [5.74, 6) is 0.213. The Morgan fingerprint density at radius 1 is 1.00 bits per heavy atom. The molecule has 2 bridgehead atoms. The van der Waals surface area contributed by atoms with Crippen molar-refractivity contribution in [3.05, 3.63) is 83.4 Å². The fraction of sp³-hybridized carbons (Fsp3) is 0.531. The lowest BCUT2D eigenvalue weighted by atomic mass is 9.76. The van der Waals surface area contributed by atoms with Gasteiger partial charge in [0.25, 0.3) is 0 Å². The molecule has 188 valence electrons. The molecule has 0 saturated carbocycles. The monoisotopic (exact) mass is 474 g/mol. The van der Waals surface area contributed by atoms with E-state index in [1.807, 2.05) is 24.3 Å². The number of esters is 1. The Hall–Kier alpha value is -2.39. The molecule has 2 aromatic carbocycles. The van der Waals surface area contributed by atoms with E-state index >= 15 is 0 Å². The van der Waals surface area contributed by atoms with Crippen LogP contribution in [-0.2, 0) is 9.53 Å². The number of ether oxygens (including phenoxy) is 1. The molecule has 3 heteroatoms. The average Bonchev–Trinajstić information content (AvgIpc) is 2.87. The Balaban J connectivity index is 1.60. The molecule has 5 rings (SSSR count). The Bertz CT molecular complexity index is 971. The van der Waals surface area contributed by atoms with Crippen molar-refractivity contribution in [3.8, 4) is 0 Å². The van der Waals surface area contributed by atoms with E-state index in [0.717, 1.165) is 29.3 Å². The number of hydrogen-bond donors (Lipinski definition) is 0. The first kappa shape index (κ1) is 25.7. The molecule has 4 atom stereocenters. The molecule has 3 heterocycles. The number of benzene rings is 2. The number of carbonyl (C=O) groups excluding carboxylic acids is 1. The van der Waals surface area contributed by atoms with Crippen molar-refractivity contribution in [2.45, 2.75) is 83.8 Å². The zero-order chi connectivity index (χ0) is 24.8. The average molecular weight is 475 g/mol.